The van der Waals surface area contributed by atoms with Crippen molar-refractivity contribution in [3.8, 4) is 0 Å². The minimum atomic E-state index is -0.158. The number of rotatable bonds is 4. The number of halogens is 1. The Hall–Kier alpha value is -1.91. The number of likely N-dealkylation sites (tertiary alicyclic amines) is 1. The first-order valence-corrected chi connectivity index (χ1v) is 9.79. The molecule has 0 unspecified atom stereocenters. The fourth-order valence-corrected chi connectivity index (χ4v) is 4.28. The maximum absolute atomic E-state index is 13.1. The van der Waals surface area contributed by atoms with E-state index in [1.807, 2.05) is 12.1 Å². The summed E-state index contributed by atoms with van der Waals surface area (Å²) in [6.45, 7) is 7.76. The van der Waals surface area contributed by atoms with Gasteiger partial charge in [-0.3, -0.25) is 9.80 Å². The van der Waals surface area contributed by atoms with E-state index in [0.717, 1.165) is 44.5 Å². The molecule has 4 rings (SSSR count). The second-order valence-electron chi connectivity index (χ2n) is 7.49. The van der Waals surface area contributed by atoms with E-state index in [1.165, 1.54) is 31.5 Å². The molecule has 0 spiro atoms. The quantitative estimate of drug-likeness (QED) is 0.831. The molecule has 2 fully saturated rings. The van der Waals surface area contributed by atoms with Crippen LogP contribution < -0.4 is 4.90 Å². The number of hydrogen-bond acceptors (Lipinski definition) is 3. The zero-order valence-corrected chi connectivity index (χ0v) is 15.4. The lowest BCUT2D eigenvalue weighted by molar-refractivity contribution is 0.0998. The highest BCUT2D eigenvalue weighted by Gasteiger charge is 2.27. The largest absolute Gasteiger partial charge is 0.369 e. The molecule has 0 atom stereocenters. The van der Waals surface area contributed by atoms with Gasteiger partial charge >= 0.3 is 0 Å². The molecule has 2 aliphatic heterocycles. The number of benzene rings is 2. The summed E-state index contributed by atoms with van der Waals surface area (Å²) in [5, 5.41) is 0. The molecule has 138 valence electrons. The zero-order chi connectivity index (χ0) is 17.8. The standard InChI is InChI=1S/C22H28FN3/c23-20-6-8-21(9-7-20)25-14-16-26(17-15-25)22-10-12-24(13-11-22)18-19-4-2-1-3-5-19/h1-9,22H,10-18H2. The van der Waals surface area contributed by atoms with E-state index >= 15 is 0 Å². The van der Waals surface area contributed by atoms with Crippen molar-refractivity contribution in [2.75, 3.05) is 44.2 Å². The van der Waals surface area contributed by atoms with E-state index in [2.05, 4.69) is 45.0 Å². The lowest BCUT2D eigenvalue weighted by Crippen LogP contribution is -2.53. The van der Waals surface area contributed by atoms with Crippen LogP contribution in [0.5, 0.6) is 0 Å². The fourth-order valence-electron chi connectivity index (χ4n) is 4.28. The van der Waals surface area contributed by atoms with Gasteiger partial charge in [-0.05, 0) is 55.8 Å². The first kappa shape index (κ1) is 17.5. The van der Waals surface area contributed by atoms with Crippen LogP contribution in [-0.4, -0.2) is 55.1 Å². The molecule has 26 heavy (non-hydrogen) atoms. The monoisotopic (exact) mass is 353 g/mol. The molecule has 2 heterocycles. The van der Waals surface area contributed by atoms with Gasteiger partial charge in [0.25, 0.3) is 0 Å². The molecule has 0 saturated carbocycles. The summed E-state index contributed by atoms with van der Waals surface area (Å²) in [5.41, 5.74) is 2.56. The second kappa shape index (κ2) is 8.19. The van der Waals surface area contributed by atoms with E-state index in [9.17, 15) is 4.39 Å². The van der Waals surface area contributed by atoms with Gasteiger partial charge in [0.1, 0.15) is 5.82 Å². The molecule has 0 radical (unpaired) electrons. The van der Waals surface area contributed by atoms with Crippen LogP contribution in [0.2, 0.25) is 0 Å². The van der Waals surface area contributed by atoms with Crippen molar-refractivity contribution in [2.24, 2.45) is 0 Å². The summed E-state index contributed by atoms with van der Waals surface area (Å²) in [7, 11) is 0. The predicted octanol–water partition coefficient (Wildman–Crippen LogP) is 3.61. The van der Waals surface area contributed by atoms with E-state index in [0.29, 0.717) is 0 Å². The molecule has 2 aromatic carbocycles. The van der Waals surface area contributed by atoms with E-state index < -0.39 is 0 Å². The minimum absolute atomic E-state index is 0.158. The summed E-state index contributed by atoms with van der Waals surface area (Å²) in [6, 6.07) is 18.4. The molecule has 3 nitrogen and oxygen atoms in total. The zero-order valence-electron chi connectivity index (χ0n) is 15.4. The van der Waals surface area contributed by atoms with Crippen LogP contribution in [0.15, 0.2) is 54.6 Å². The Morgan fingerprint density at radius 2 is 1.42 bits per heavy atom. The maximum atomic E-state index is 13.1. The number of nitrogens with zero attached hydrogens (tertiary/aromatic N) is 3. The van der Waals surface area contributed by atoms with Crippen LogP contribution in [-0.2, 0) is 6.54 Å². The molecular formula is C22H28FN3. The third kappa shape index (κ3) is 4.25. The average Bonchev–Trinajstić information content (AvgIpc) is 2.70. The Kier molecular flexibility index (Phi) is 5.51. The van der Waals surface area contributed by atoms with Gasteiger partial charge in [0.15, 0.2) is 0 Å². The SMILES string of the molecule is Fc1ccc(N2CCN(C3CCN(Cc4ccccc4)CC3)CC2)cc1. The van der Waals surface area contributed by atoms with Gasteiger partial charge in [-0.1, -0.05) is 30.3 Å². The van der Waals surface area contributed by atoms with Gasteiger partial charge < -0.3 is 4.90 Å². The molecule has 0 amide bonds. The molecule has 0 aliphatic carbocycles. The fraction of sp³-hybridized carbons (Fsp3) is 0.455. The first-order valence-electron chi connectivity index (χ1n) is 9.79. The molecule has 2 saturated heterocycles. The van der Waals surface area contributed by atoms with Crippen LogP contribution >= 0.6 is 0 Å². The van der Waals surface area contributed by atoms with Crippen molar-refractivity contribution in [1.29, 1.82) is 0 Å². The summed E-state index contributed by atoms with van der Waals surface area (Å²) < 4.78 is 13.1. The van der Waals surface area contributed by atoms with Crippen molar-refractivity contribution in [1.82, 2.24) is 9.80 Å². The molecule has 2 aromatic rings. The minimum Gasteiger partial charge on any atom is -0.369 e. The molecular weight excluding hydrogens is 325 g/mol. The van der Waals surface area contributed by atoms with Crippen LogP contribution in [0, 0.1) is 5.82 Å². The second-order valence-corrected chi connectivity index (χ2v) is 7.49. The Labute approximate surface area is 156 Å². The van der Waals surface area contributed by atoms with Gasteiger partial charge in [-0.25, -0.2) is 4.39 Å². The molecule has 0 N–H and O–H groups in total. The Balaban J connectivity index is 1.24. The van der Waals surface area contributed by atoms with Crippen LogP contribution in [0.1, 0.15) is 18.4 Å². The topological polar surface area (TPSA) is 9.72 Å². The third-order valence-corrected chi connectivity index (χ3v) is 5.83. The van der Waals surface area contributed by atoms with Gasteiger partial charge in [-0.15, -0.1) is 0 Å². The highest BCUT2D eigenvalue weighted by Crippen LogP contribution is 2.22. The van der Waals surface area contributed by atoms with E-state index in [-0.39, 0.29) is 5.82 Å². The summed E-state index contributed by atoms with van der Waals surface area (Å²) in [4.78, 5) is 7.63. The van der Waals surface area contributed by atoms with Gasteiger partial charge in [0.05, 0.1) is 0 Å². The summed E-state index contributed by atoms with van der Waals surface area (Å²) in [6.07, 6.45) is 2.53. The van der Waals surface area contributed by atoms with Crippen molar-refractivity contribution in [2.45, 2.75) is 25.4 Å². The highest BCUT2D eigenvalue weighted by molar-refractivity contribution is 5.46. The summed E-state index contributed by atoms with van der Waals surface area (Å²) in [5.74, 6) is -0.158. The Morgan fingerprint density at radius 3 is 2.08 bits per heavy atom. The highest BCUT2D eigenvalue weighted by atomic mass is 19.1. The number of anilines is 1. The number of piperazine rings is 1. The lowest BCUT2D eigenvalue weighted by atomic mass is 10.0. The number of hydrogen-bond donors (Lipinski definition) is 0. The normalized spacial score (nSPS) is 20.4. The molecule has 4 heteroatoms. The molecule has 2 aliphatic rings. The van der Waals surface area contributed by atoms with E-state index in [1.54, 1.807) is 12.1 Å². The predicted molar refractivity (Wildman–Crippen MR) is 105 cm³/mol. The van der Waals surface area contributed by atoms with Crippen molar-refractivity contribution >= 4 is 5.69 Å². The van der Waals surface area contributed by atoms with Gasteiger partial charge in [0, 0.05) is 44.5 Å². The average molecular weight is 353 g/mol. The van der Waals surface area contributed by atoms with Gasteiger partial charge in [0.2, 0.25) is 0 Å². The maximum Gasteiger partial charge on any atom is 0.123 e. The van der Waals surface area contributed by atoms with Crippen molar-refractivity contribution in [3.05, 3.63) is 66.0 Å². The smallest absolute Gasteiger partial charge is 0.123 e. The Morgan fingerprint density at radius 1 is 0.769 bits per heavy atom. The van der Waals surface area contributed by atoms with Crippen LogP contribution in [0.3, 0.4) is 0 Å². The van der Waals surface area contributed by atoms with Crippen LogP contribution in [0.4, 0.5) is 10.1 Å². The number of piperidine rings is 1. The lowest BCUT2D eigenvalue weighted by Gasteiger charge is -2.43. The molecule has 0 aromatic heterocycles. The molecule has 0 bridgehead atoms. The van der Waals surface area contributed by atoms with Crippen molar-refractivity contribution in [3.63, 3.8) is 0 Å². The van der Waals surface area contributed by atoms with Crippen LogP contribution in [0.25, 0.3) is 0 Å². The Bertz CT molecular complexity index is 672. The first-order chi connectivity index (χ1) is 12.8. The third-order valence-electron chi connectivity index (χ3n) is 5.83. The van der Waals surface area contributed by atoms with E-state index in [4.69, 9.17) is 0 Å². The van der Waals surface area contributed by atoms with Gasteiger partial charge in [-0.2, -0.15) is 0 Å². The van der Waals surface area contributed by atoms with Crippen molar-refractivity contribution < 1.29 is 4.39 Å². The summed E-state index contributed by atoms with van der Waals surface area (Å²) >= 11 is 0.